The highest BCUT2D eigenvalue weighted by Gasteiger charge is 2.17. The van der Waals surface area contributed by atoms with Crippen LogP contribution in [0.1, 0.15) is 25.5 Å². The van der Waals surface area contributed by atoms with Crippen molar-refractivity contribution in [2.24, 2.45) is 0 Å². The van der Waals surface area contributed by atoms with Crippen molar-refractivity contribution < 1.29 is 13.9 Å². The summed E-state index contributed by atoms with van der Waals surface area (Å²) in [5.74, 6) is 0.119. The van der Waals surface area contributed by atoms with E-state index in [1.54, 1.807) is 31.2 Å². The molecule has 0 aliphatic carbocycles. The van der Waals surface area contributed by atoms with E-state index in [1.807, 2.05) is 23.6 Å². The van der Waals surface area contributed by atoms with Crippen molar-refractivity contribution in [3.63, 3.8) is 0 Å². The number of aromatic nitrogens is 3. The molecule has 0 aliphatic heterocycles. The second kappa shape index (κ2) is 9.21. The van der Waals surface area contributed by atoms with Crippen LogP contribution in [0.15, 0.2) is 53.7 Å². The number of hydrogen-bond acceptors (Lipinski definition) is 5. The fraction of sp³-hybridized carbons (Fsp3) is 0.250. The van der Waals surface area contributed by atoms with Gasteiger partial charge in [0, 0.05) is 17.1 Å². The van der Waals surface area contributed by atoms with Crippen molar-refractivity contribution in [2.75, 3.05) is 5.75 Å². The van der Waals surface area contributed by atoms with Crippen LogP contribution < -0.4 is 0 Å². The molecule has 28 heavy (non-hydrogen) atoms. The van der Waals surface area contributed by atoms with Gasteiger partial charge in [-0.25, -0.2) is 4.39 Å². The summed E-state index contributed by atoms with van der Waals surface area (Å²) in [5.41, 5.74) is 1.64. The summed E-state index contributed by atoms with van der Waals surface area (Å²) in [4.78, 5) is 12.2. The largest absolute Gasteiger partial charge is 0.457 e. The molecule has 146 valence electrons. The number of nitrogens with zero attached hydrogens (tertiary/aromatic N) is 3. The van der Waals surface area contributed by atoms with E-state index in [0.717, 1.165) is 17.0 Å². The van der Waals surface area contributed by atoms with Crippen molar-refractivity contribution in [3.8, 4) is 11.4 Å². The molecule has 3 rings (SSSR count). The number of ether oxygens (including phenoxy) is 1. The number of halogens is 2. The lowest BCUT2D eigenvalue weighted by molar-refractivity contribution is -0.145. The van der Waals surface area contributed by atoms with Crippen molar-refractivity contribution in [1.29, 1.82) is 0 Å². The summed E-state index contributed by atoms with van der Waals surface area (Å²) in [6.45, 7) is 4.40. The van der Waals surface area contributed by atoms with Crippen molar-refractivity contribution in [3.05, 3.63) is 64.9 Å². The van der Waals surface area contributed by atoms with Crippen LogP contribution in [0.25, 0.3) is 11.4 Å². The van der Waals surface area contributed by atoms with Crippen LogP contribution in [0.4, 0.5) is 4.39 Å². The summed E-state index contributed by atoms with van der Waals surface area (Å²) < 4.78 is 20.4. The Labute approximate surface area is 171 Å². The van der Waals surface area contributed by atoms with Crippen LogP contribution >= 0.6 is 23.4 Å². The molecule has 1 unspecified atom stereocenters. The smallest absolute Gasteiger partial charge is 0.316 e. The molecular weight excluding hydrogens is 401 g/mol. The van der Waals surface area contributed by atoms with E-state index in [-0.39, 0.29) is 17.5 Å². The Morgan fingerprint density at radius 3 is 2.50 bits per heavy atom. The van der Waals surface area contributed by atoms with Crippen LogP contribution in [-0.4, -0.2) is 26.5 Å². The van der Waals surface area contributed by atoms with Gasteiger partial charge in [-0.3, -0.25) is 4.79 Å². The number of benzene rings is 2. The third-order valence-electron chi connectivity index (χ3n) is 4.10. The minimum atomic E-state index is -0.456. The van der Waals surface area contributed by atoms with Gasteiger partial charge < -0.3 is 9.30 Å². The highest BCUT2D eigenvalue weighted by Crippen LogP contribution is 2.26. The maximum absolute atomic E-state index is 13.0. The van der Waals surface area contributed by atoms with E-state index >= 15 is 0 Å². The first kappa shape index (κ1) is 20.4. The predicted octanol–water partition coefficient (Wildman–Crippen LogP) is 5.15. The summed E-state index contributed by atoms with van der Waals surface area (Å²) >= 11 is 7.21. The van der Waals surface area contributed by atoms with Gasteiger partial charge in [0.25, 0.3) is 0 Å². The SMILES string of the molecule is CCn1c(SCC(=O)OC(C)c2ccc(F)cc2)nnc1-c1ccc(Cl)cc1. The third-order valence-corrected chi connectivity index (χ3v) is 5.29. The first-order valence-corrected chi connectivity index (χ1v) is 10.1. The van der Waals surface area contributed by atoms with E-state index in [9.17, 15) is 9.18 Å². The molecule has 1 aromatic heterocycles. The normalized spacial score (nSPS) is 12.0. The predicted molar refractivity (Wildman–Crippen MR) is 108 cm³/mol. The third kappa shape index (κ3) is 4.91. The Morgan fingerprint density at radius 2 is 1.86 bits per heavy atom. The molecular formula is C20H19ClFN3O2S. The molecule has 1 heterocycles. The van der Waals surface area contributed by atoms with Gasteiger partial charge in [0.15, 0.2) is 11.0 Å². The average molecular weight is 420 g/mol. The second-order valence-electron chi connectivity index (χ2n) is 6.03. The monoisotopic (exact) mass is 419 g/mol. The van der Waals surface area contributed by atoms with Crippen LogP contribution in [0, 0.1) is 5.82 Å². The van der Waals surface area contributed by atoms with Gasteiger partial charge in [-0.2, -0.15) is 0 Å². The summed E-state index contributed by atoms with van der Waals surface area (Å²) in [5, 5.41) is 9.73. The lowest BCUT2D eigenvalue weighted by Crippen LogP contribution is -2.12. The van der Waals surface area contributed by atoms with Crippen molar-refractivity contribution in [2.45, 2.75) is 31.7 Å². The van der Waals surface area contributed by atoms with Gasteiger partial charge in [-0.1, -0.05) is 35.5 Å². The van der Waals surface area contributed by atoms with E-state index < -0.39 is 6.10 Å². The van der Waals surface area contributed by atoms with Crippen LogP contribution in [-0.2, 0) is 16.1 Å². The maximum atomic E-state index is 13.0. The van der Waals surface area contributed by atoms with Gasteiger partial charge in [-0.15, -0.1) is 10.2 Å². The number of carbonyl (C=O) groups excluding carboxylic acids is 1. The van der Waals surface area contributed by atoms with Crippen LogP contribution in [0.3, 0.4) is 0 Å². The fourth-order valence-electron chi connectivity index (χ4n) is 2.65. The molecule has 0 fully saturated rings. The molecule has 0 saturated heterocycles. The molecule has 0 saturated carbocycles. The van der Waals surface area contributed by atoms with Crippen LogP contribution in [0.2, 0.25) is 5.02 Å². The van der Waals surface area contributed by atoms with E-state index in [4.69, 9.17) is 16.3 Å². The van der Waals surface area contributed by atoms with E-state index in [2.05, 4.69) is 10.2 Å². The number of carbonyl (C=O) groups is 1. The summed E-state index contributed by atoms with van der Waals surface area (Å²) in [7, 11) is 0. The molecule has 0 aliphatic rings. The zero-order valence-corrected chi connectivity index (χ0v) is 17.0. The molecule has 0 amide bonds. The number of rotatable bonds is 7. The Kier molecular flexibility index (Phi) is 6.70. The number of hydrogen-bond donors (Lipinski definition) is 0. The van der Waals surface area contributed by atoms with E-state index in [1.165, 1.54) is 23.9 Å². The highest BCUT2D eigenvalue weighted by molar-refractivity contribution is 7.99. The zero-order valence-electron chi connectivity index (χ0n) is 15.4. The van der Waals surface area contributed by atoms with Gasteiger partial charge >= 0.3 is 5.97 Å². The van der Waals surface area contributed by atoms with Gasteiger partial charge in [-0.05, 0) is 55.8 Å². The van der Waals surface area contributed by atoms with Gasteiger partial charge in [0.2, 0.25) is 0 Å². The topological polar surface area (TPSA) is 57.0 Å². The Hall–Kier alpha value is -2.38. The second-order valence-corrected chi connectivity index (χ2v) is 7.41. The minimum absolute atomic E-state index is 0.101. The molecule has 5 nitrogen and oxygen atoms in total. The molecule has 8 heteroatoms. The quantitative estimate of drug-likeness (QED) is 0.391. The molecule has 1 atom stereocenters. The molecule has 0 N–H and O–H groups in total. The van der Waals surface area contributed by atoms with Crippen LogP contribution in [0.5, 0.6) is 0 Å². The van der Waals surface area contributed by atoms with Crippen molar-refractivity contribution in [1.82, 2.24) is 14.8 Å². The van der Waals surface area contributed by atoms with E-state index in [0.29, 0.717) is 16.7 Å². The zero-order chi connectivity index (χ0) is 20.1. The average Bonchev–Trinajstić information content (AvgIpc) is 3.10. The molecule has 0 radical (unpaired) electrons. The first-order valence-electron chi connectivity index (χ1n) is 8.74. The first-order chi connectivity index (χ1) is 13.5. The number of thioether (sulfide) groups is 1. The molecule has 0 spiro atoms. The Balaban J connectivity index is 1.63. The minimum Gasteiger partial charge on any atom is -0.457 e. The van der Waals surface area contributed by atoms with Gasteiger partial charge in [0.1, 0.15) is 11.9 Å². The van der Waals surface area contributed by atoms with Crippen molar-refractivity contribution >= 4 is 29.3 Å². The van der Waals surface area contributed by atoms with Gasteiger partial charge in [0.05, 0.1) is 5.75 Å². The molecule has 0 bridgehead atoms. The fourth-order valence-corrected chi connectivity index (χ4v) is 3.56. The highest BCUT2D eigenvalue weighted by atomic mass is 35.5. The lowest BCUT2D eigenvalue weighted by atomic mass is 10.1. The summed E-state index contributed by atoms with van der Waals surface area (Å²) in [6, 6.07) is 13.3. The lowest BCUT2D eigenvalue weighted by Gasteiger charge is -2.13. The molecule has 3 aromatic rings. The number of esters is 1. The Morgan fingerprint density at radius 1 is 1.18 bits per heavy atom. The maximum Gasteiger partial charge on any atom is 0.316 e. The summed E-state index contributed by atoms with van der Waals surface area (Å²) in [6.07, 6.45) is -0.456. The Bertz CT molecular complexity index is 945. The molecule has 2 aromatic carbocycles. The standard InChI is InChI=1S/C20H19ClFN3O2S/c1-3-25-19(15-4-8-16(21)9-5-15)23-24-20(25)28-12-18(26)27-13(2)14-6-10-17(22)11-7-14/h4-11,13H,3,12H2,1-2H3.